The minimum atomic E-state index is -4.63. The summed E-state index contributed by atoms with van der Waals surface area (Å²) in [6, 6.07) is 12.8. The van der Waals surface area contributed by atoms with Gasteiger partial charge in [-0.25, -0.2) is 34.4 Å². The zero-order valence-electron chi connectivity index (χ0n) is 17.4. The second-order valence-electron chi connectivity index (χ2n) is 7.19. The molecule has 0 bridgehead atoms. The lowest BCUT2D eigenvalue weighted by atomic mass is 10.1. The molecule has 0 aliphatic heterocycles. The van der Waals surface area contributed by atoms with Crippen LogP contribution < -0.4 is 4.72 Å². The topological polar surface area (TPSA) is 114 Å². The first kappa shape index (κ1) is 25.3. The van der Waals surface area contributed by atoms with Gasteiger partial charge in [-0.15, -0.1) is 0 Å². The number of nitrogens with one attached hydrogen (secondary N) is 1. The minimum absolute atomic E-state index is 0.245. The van der Waals surface area contributed by atoms with Gasteiger partial charge >= 0.3 is 0 Å². The fourth-order valence-corrected chi connectivity index (χ4v) is 7.98. The van der Waals surface area contributed by atoms with E-state index in [-0.39, 0.29) is 9.92 Å². The molecular weight excluding hydrogens is 513 g/mol. The van der Waals surface area contributed by atoms with Gasteiger partial charge in [0.2, 0.25) is 29.7 Å². The summed E-state index contributed by atoms with van der Waals surface area (Å²) in [5.74, 6) is -1.04. The molecule has 0 saturated heterocycles. The summed E-state index contributed by atoms with van der Waals surface area (Å²) in [6.45, 7) is 1.58. The van der Waals surface area contributed by atoms with Crippen molar-refractivity contribution in [3.05, 3.63) is 83.1 Å². The summed E-state index contributed by atoms with van der Waals surface area (Å²) < 4.78 is 92.6. The molecular formula is C21H19ClFNO6S3. The molecule has 0 heterocycles. The number of sulfone groups is 2. The maximum Gasteiger partial charge on any atom is 0.212 e. The SMILES string of the molecule is C[C@H](NS(C)(=O)=O)c1ccc(S(=O)(=O)c2cccc(Cl)c2S(=O)(=O)c2ccccc2F)cc1. The number of hydrogen-bond donors (Lipinski definition) is 1. The highest BCUT2D eigenvalue weighted by Gasteiger charge is 2.33. The van der Waals surface area contributed by atoms with E-state index in [1.54, 1.807) is 6.92 Å². The molecule has 0 aliphatic rings. The molecule has 3 rings (SSSR count). The monoisotopic (exact) mass is 531 g/mol. The zero-order chi connectivity index (χ0) is 24.6. The molecule has 33 heavy (non-hydrogen) atoms. The zero-order valence-corrected chi connectivity index (χ0v) is 20.6. The molecule has 0 radical (unpaired) electrons. The molecule has 0 fully saturated rings. The Kier molecular flexibility index (Phi) is 7.02. The smallest absolute Gasteiger partial charge is 0.212 e. The highest BCUT2D eigenvalue weighted by atomic mass is 35.5. The second kappa shape index (κ2) is 9.15. The van der Waals surface area contributed by atoms with Gasteiger partial charge in [-0.3, -0.25) is 0 Å². The van der Waals surface area contributed by atoms with Crippen molar-refractivity contribution < 1.29 is 29.6 Å². The Labute approximate surface area is 197 Å². The Morgan fingerprint density at radius 2 is 1.36 bits per heavy atom. The van der Waals surface area contributed by atoms with Crippen molar-refractivity contribution in [2.45, 2.75) is 32.5 Å². The van der Waals surface area contributed by atoms with Crippen LogP contribution in [0.3, 0.4) is 0 Å². The molecule has 0 unspecified atom stereocenters. The molecule has 0 saturated carbocycles. The Morgan fingerprint density at radius 1 is 0.788 bits per heavy atom. The van der Waals surface area contributed by atoms with Crippen LogP contribution in [0.2, 0.25) is 5.02 Å². The molecule has 3 aromatic carbocycles. The normalized spacial score (nSPS) is 13.6. The second-order valence-corrected chi connectivity index (χ2v) is 13.1. The van der Waals surface area contributed by atoms with Crippen LogP contribution in [0.5, 0.6) is 0 Å². The Bertz CT molecular complexity index is 1520. The van der Waals surface area contributed by atoms with Crippen LogP contribution >= 0.6 is 11.6 Å². The molecule has 176 valence electrons. The predicted molar refractivity (Wildman–Crippen MR) is 122 cm³/mol. The highest BCUT2D eigenvalue weighted by Crippen LogP contribution is 2.36. The molecule has 12 heteroatoms. The van der Waals surface area contributed by atoms with Crippen LogP contribution in [0.15, 0.2) is 86.3 Å². The largest absolute Gasteiger partial charge is 0.218 e. The van der Waals surface area contributed by atoms with Crippen molar-refractivity contribution in [3.8, 4) is 0 Å². The van der Waals surface area contributed by atoms with Gasteiger partial charge in [0.25, 0.3) is 0 Å². The van der Waals surface area contributed by atoms with Crippen molar-refractivity contribution in [2.75, 3.05) is 6.26 Å². The molecule has 0 amide bonds. The average molecular weight is 532 g/mol. The van der Waals surface area contributed by atoms with Gasteiger partial charge in [-0.05, 0) is 48.9 Å². The van der Waals surface area contributed by atoms with E-state index in [1.165, 1.54) is 48.5 Å². The lowest BCUT2D eigenvalue weighted by Gasteiger charge is -2.15. The first-order chi connectivity index (χ1) is 15.2. The highest BCUT2D eigenvalue weighted by molar-refractivity contribution is 7.94. The maximum atomic E-state index is 14.3. The summed E-state index contributed by atoms with van der Waals surface area (Å²) >= 11 is 6.11. The maximum absolute atomic E-state index is 14.3. The lowest BCUT2D eigenvalue weighted by molar-refractivity contribution is 0.562. The third kappa shape index (κ3) is 5.28. The third-order valence-electron chi connectivity index (χ3n) is 4.70. The number of sulfonamides is 1. The Balaban J connectivity index is 2.13. The van der Waals surface area contributed by atoms with Crippen molar-refractivity contribution in [3.63, 3.8) is 0 Å². The van der Waals surface area contributed by atoms with E-state index in [9.17, 15) is 29.6 Å². The van der Waals surface area contributed by atoms with E-state index in [2.05, 4.69) is 4.72 Å². The lowest BCUT2D eigenvalue weighted by Crippen LogP contribution is -2.25. The van der Waals surface area contributed by atoms with Crippen molar-refractivity contribution >= 4 is 41.3 Å². The summed E-state index contributed by atoms with van der Waals surface area (Å²) in [5, 5.41) is -0.373. The minimum Gasteiger partial charge on any atom is -0.218 e. The van der Waals surface area contributed by atoms with Gasteiger partial charge < -0.3 is 0 Å². The average Bonchev–Trinajstić information content (AvgIpc) is 2.72. The first-order valence-corrected chi connectivity index (χ1v) is 14.6. The molecule has 0 spiro atoms. The van der Waals surface area contributed by atoms with E-state index < -0.39 is 56.2 Å². The molecule has 0 aromatic heterocycles. The van der Waals surface area contributed by atoms with Crippen LogP contribution in [0.1, 0.15) is 18.5 Å². The van der Waals surface area contributed by atoms with E-state index in [0.717, 1.165) is 24.5 Å². The fraction of sp³-hybridized carbons (Fsp3) is 0.143. The van der Waals surface area contributed by atoms with Gasteiger partial charge in [-0.1, -0.05) is 41.9 Å². The number of hydrogen-bond acceptors (Lipinski definition) is 6. The number of rotatable bonds is 7. The summed E-state index contributed by atoms with van der Waals surface area (Å²) in [6.07, 6.45) is 0.999. The van der Waals surface area contributed by atoms with Crippen molar-refractivity contribution in [1.82, 2.24) is 4.72 Å². The standard InChI is InChI=1S/C21H19ClFNO6S3/c1-14(24-31(2,25)26)15-10-12-16(13-11-15)32(27,28)20-9-5-6-17(22)21(20)33(29,30)19-8-4-3-7-18(19)23/h3-14,24H,1-2H3/t14-/m0/s1. The Hall–Kier alpha value is -2.31. The summed E-state index contributed by atoms with van der Waals surface area (Å²) in [7, 11) is -12.5. The van der Waals surface area contributed by atoms with Crippen LogP contribution in [0.4, 0.5) is 4.39 Å². The number of benzene rings is 3. The van der Waals surface area contributed by atoms with Crippen molar-refractivity contribution in [1.29, 1.82) is 0 Å². The third-order valence-corrected chi connectivity index (χ3v) is 9.73. The quantitative estimate of drug-likeness (QED) is 0.496. The molecule has 1 atom stereocenters. The van der Waals surface area contributed by atoms with Crippen LogP contribution in [-0.2, 0) is 29.7 Å². The van der Waals surface area contributed by atoms with Crippen molar-refractivity contribution in [2.24, 2.45) is 0 Å². The molecule has 3 aromatic rings. The molecule has 1 N–H and O–H groups in total. The number of halogens is 2. The van der Waals surface area contributed by atoms with E-state index in [1.807, 2.05) is 0 Å². The summed E-state index contributed by atoms with van der Waals surface area (Å²) in [5.41, 5.74) is 0.490. The first-order valence-electron chi connectivity index (χ1n) is 9.35. The predicted octanol–water partition coefficient (Wildman–Crippen LogP) is 3.75. The van der Waals surface area contributed by atoms with Crippen LogP contribution in [0, 0.1) is 5.82 Å². The van der Waals surface area contributed by atoms with Gasteiger partial charge in [-0.2, -0.15) is 0 Å². The summed E-state index contributed by atoms with van der Waals surface area (Å²) in [4.78, 5) is -2.28. The van der Waals surface area contributed by atoms with Gasteiger partial charge in [0.05, 0.1) is 21.1 Å². The van der Waals surface area contributed by atoms with Gasteiger partial charge in [0, 0.05) is 6.04 Å². The van der Waals surface area contributed by atoms with E-state index >= 15 is 0 Å². The van der Waals surface area contributed by atoms with Gasteiger partial charge in [0.15, 0.2) is 0 Å². The van der Waals surface area contributed by atoms with Gasteiger partial charge in [0.1, 0.15) is 15.6 Å². The fourth-order valence-electron chi connectivity index (χ4n) is 3.19. The van der Waals surface area contributed by atoms with E-state index in [0.29, 0.717) is 5.56 Å². The van der Waals surface area contributed by atoms with Crippen LogP contribution in [-0.4, -0.2) is 31.5 Å². The Morgan fingerprint density at radius 3 is 1.94 bits per heavy atom. The molecule has 7 nitrogen and oxygen atoms in total. The van der Waals surface area contributed by atoms with Crippen LogP contribution in [0.25, 0.3) is 0 Å². The van der Waals surface area contributed by atoms with E-state index in [4.69, 9.17) is 11.6 Å². The molecule has 0 aliphatic carbocycles.